The molecule has 2 saturated heterocycles. The SMILES string of the molecule is [2H]C([2H])([2H])N[C@@H](C)C(=O)N[C@@H](CC)C(=O)N1C[C@@H](OC(C)=O)C[C@H]1Cc1c(-c2[nH]c3cc(F)ccc3c2C[C@@H]2C[C@H](OC(C)=O)CN2C(=O)[C@H](CC)NC(=O)[C@H](C)NC([2H])([2H])[2H])[nH]c2cc(F)ccc12. The lowest BCUT2D eigenvalue weighted by atomic mass is 9.94. The molecule has 8 atom stereocenters. The van der Waals surface area contributed by atoms with E-state index in [1.807, 2.05) is 0 Å². The second kappa shape index (κ2) is 20.3. The minimum atomic E-state index is -2.63. The lowest BCUT2D eigenvalue weighted by Crippen LogP contribution is -2.53. The molecule has 0 bridgehead atoms. The predicted molar refractivity (Wildman–Crippen MR) is 236 cm³/mol. The van der Waals surface area contributed by atoms with Crippen LogP contribution in [0.3, 0.4) is 0 Å². The van der Waals surface area contributed by atoms with Crippen molar-refractivity contribution in [1.29, 1.82) is 0 Å². The zero-order valence-electron chi connectivity index (χ0n) is 42.7. The van der Waals surface area contributed by atoms with Gasteiger partial charge in [-0.1, -0.05) is 13.8 Å². The summed E-state index contributed by atoms with van der Waals surface area (Å²) in [6, 6.07) is 2.41. The first-order valence-corrected chi connectivity index (χ1v) is 21.5. The number of aromatic nitrogens is 2. The Morgan fingerprint density at radius 2 is 1.09 bits per heavy atom. The Bertz CT molecular complexity index is 2450. The molecule has 4 aromatic rings. The van der Waals surface area contributed by atoms with Gasteiger partial charge in [0, 0.05) is 68.8 Å². The van der Waals surface area contributed by atoms with Gasteiger partial charge in [0.15, 0.2) is 0 Å². The quantitative estimate of drug-likeness (QED) is 0.0847. The van der Waals surface area contributed by atoms with Crippen LogP contribution in [0.5, 0.6) is 0 Å². The number of ether oxygens (including phenoxy) is 2. The highest BCUT2D eigenvalue weighted by Crippen LogP contribution is 2.40. The van der Waals surface area contributed by atoms with Crippen molar-refractivity contribution in [1.82, 2.24) is 41.0 Å². The molecule has 0 saturated carbocycles. The second-order valence-corrected chi connectivity index (χ2v) is 16.6. The molecule has 2 aliphatic rings. The number of amides is 4. The molecule has 4 amide bonds. The average molecular weight is 897 g/mol. The Kier molecular flexibility index (Phi) is 12.6. The topological polar surface area (TPSA) is 207 Å². The van der Waals surface area contributed by atoms with Crippen molar-refractivity contribution >= 4 is 57.4 Å². The van der Waals surface area contributed by atoms with Crippen LogP contribution >= 0.6 is 0 Å². The highest BCUT2D eigenvalue weighted by atomic mass is 19.1. The van der Waals surface area contributed by atoms with Gasteiger partial charge in [0.2, 0.25) is 23.6 Å². The fraction of sp³-hybridized carbons (Fsp3) is 0.522. The molecular formula is C46H60F2N8O8. The average Bonchev–Trinajstić information content (AvgIpc) is 4.02. The Hall–Kier alpha value is -5.88. The van der Waals surface area contributed by atoms with Crippen LogP contribution in [0.15, 0.2) is 36.4 Å². The van der Waals surface area contributed by atoms with E-state index in [2.05, 4.69) is 31.2 Å². The van der Waals surface area contributed by atoms with Crippen LogP contribution in [0.2, 0.25) is 0 Å². The molecule has 2 aliphatic heterocycles. The van der Waals surface area contributed by atoms with Gasteiger partial charge < -0.3 is 50.5 Å². The van der Waals surface area contributed by atoms with E-state index in [0.717, 1.165) is 0 Å². The fourth-order valence-corrected chi connectivity index (χ4v) is 8.89. The molecule has 6 rings (SSSR count). The molecule has 64 heavy (non-hydrogen) atoms. The summed E-state index contributed by atoms with van der Waals surface area (Å²) in [5, 5.41) is 10.9. The van der Waals surface area contributed by atoms with Gasteiger partial charge >= 0.3 is 11.9 Å². The van der Waals surface area contributed by atoms with Gasteiger partial charge in [-0.3, -0.25) is 28.8 Å². The van der Waals surface area contributed by atoms with Gasteiger partial charge in [0.1, 0.15) is 35.9 Å². The first-order valence-electron chi connectivity index (χ1n) is 24.5. The standard InChI is InChI=1S/C46H60F2N8O8/c1-9-37(53-43(59)23(3)49-7)45(61)55-21-31(63-25(5)57)17-29(55)19-35-33-13-11-27(47)15-39(33)51-41(35)42-36(34-14-12-28(48)16-40(34)52-42)20-30-18-32(64-26(6)58)22-56(30)46(62)38(10-2)54-44(60)24(4)50-8/h11-16,23-24,29-32,37-38,49-52H,9-10,17-22H2,1-8H3,(H,53,59)(H,54,60)/t23-,24-,29-,30-,31-,32-,37-,38-/m0/s1/i7D3,8D3. The molecule has 2 fully saturated rings. The number of likely N-dealkylation sites (tertiary alicyclic amines) is 2. The predicted octanol–water partition coefficient (Wildman–Crippen LogP) is 3.75. The van der Waals surface area contributed by atoms with Crippen molar-refractivity contribution in [2.75, 3.05) is 27.0 Å². The maximum absolute atomic E-state index is 15.0. The Morgan fingerprint density at radius 1 is 0.703 bits per heavy atom. The van der Waals surface area contributed by atoms with Crippen molar-refractivity contribution < 1.29 is 55.2 Å². The molecule has 0 spiro atoms. The zero-order chi connectivity index (χ0) is 51.6. The van der Waals surface area contributed by atoms with Crippen molar-refractivity contribution in [3.05, 3.63) is 59.2 Å². The number of nitrogens with zero attached hydrogens (tertiary/aromatic N) is 2. The summed E-state index contributed by atoms with van der Waals surface area (Å²) in [5.41, 5.74) is 2.79. The number of halogens is 2. The van der Waals surface area contributed by atoms with Gasteiger partial charge in [-0.25, -0.2) is 8.78 Å². The van der Waals surface area contributed by atoms with E-state index < -0.39 is 110 Å². The Balaban J connectivity index is 1.41. The summed E-state index contributed by atoms with van der Waals surface area (Å²) in [4.78, 5) is 89.5. The number of rotatable bonds is 17. The number of benzene rings is 2. The monoisotopic (exact) mass is 896 g/mol. The van der Waals surface area contributed by atoms with Gasteiger partial charge in [-0.05, 0) is 101 Å². The lowest BCUT2D eigenvalue weighted by molar-refractivity contribution is -0.147. The zero-order valence-corrected chi connectivity index (χ0v) is 36.7. The maximum Gasteiger partial charge on any atom is 0.302 e. The Labute approximate surface area is 379 Å². The van der Waals surface area contributed by atoms with Gasteiger partial charge in [-0.2, -0.15) is 0 Å². The number of carbonyl (C=O) groups is 6. The van der Waals surface area contributed by atoms with Crippen LogP contribution < -0.4 is 21.3 Å². The summed E-state index contributed by atoms with van der Waals surface area (Å²) < 4.78 is 86.4. The van der Waals surface area contributed by atoms with Crippen molar-refractivity contribution in [3.8, 4) is 11.4 Å². The number of fused-ring (bicyclic) bond motifs is 2. The molecule has 2 aromatic heterocycles. The number of H-pyrrole nitrogens is 2. The third kappa shape index (κ3) is 10.4. The van der Waals surface area contributed by atoms with Gasteiger partial charge in [0.05, 0.1) is 36.6 Å². The second-order valence-electron chi connectivity index (χ2n) is 16.6. The summed E-state index contributed by atoms with van der Waals surface area (Å²) in [6.07, 6.45) is -0.725. The molecule has 0 radical (unpaired) electrons. The van der Waals surface area contributed by atoms with Crippen LogP contribution in [0.1, 0.15) is 86.6 Å². The van der Waals surface area contributed by atoms with E-state index in [9.17, 15) is 28.8 Å². The lowest BCUT2D eigenvalue weighted by Gasteiger charge is -2.30. The number of carbonyl (C=O) groups excluding carboxylic acids is 6. The summed E-state index contributed by atoms with van der Waals surface area (Å²) in [5.74, 6) is -4.73. The van der Waals surface area contributed by atoms with E-state index in [1.165, 1.54) is 61.8 Å². The summed E-state index contributed by atoms with van der Waals surface area (Å²) >= 11 is 0. The van der Waals surface area contributed by atoms with Crippen LogP contribution in [-0.4, -0.2) is 131 Å². The number of aromatic amines is 2. The third-order valence-corrected chi connectivity index (χ3v) is 12.1. The van der Waals surface area contributed by atoms with Crippen LogP contribution in [0, 0.1) is 11.6 Å². The smallest absolute Gasteiger partial charge is 0.302 e. The van der Waals surface area contributed by atoms with Gasteiger partial charge in [0.25, 0.3) is 0 Å². The number of likely N-dealkylation sites (N-methyl/N-ethyl adjacent to an activating group) is 2. The van der Waals surface area contributed by atoms with E-state index in [0.29, 0.717) is 44.3 Å². The maximum atomic E-state index is 15.0. The number of hydrogen-bond donors (Lipinski definition) is 6. The minimum Gasteiger partial charge on any atom is -0.461 e. The van der Waals surface area contributed by atoms with E-state index >= 15 is 8.78 Å². The molecule has 346 valence electrons. The number of nitrogens with one attached hydrogen (secondary N) is 6. The molecule has 18 heteroatoms. The van der Waals surface area contributed by atoms with Crippen molar-refractivity contribution in [3.63, 3.8) is 0 Å². The third-order valence-electron chi connectivity index (χ3n) is 12.1. The molecule has 16 nitrogen and oxygen atoms in total. The molecule has 6 N–H and O–H groups in total. The van der Waals surface area contributed by atoms with Crippen LogP contribution in [0.4, 0.5) is 8.78 Å². The highest BCUT2D eigenvalue weighted by molar-refractivity contribution is 5.97. The van der Waals surface area contributed by atoms with Gasteiger partial charge in [-0.15, -0.1) is 0 Å². The summed E-state index contributed by atoms with van der Waals surface area (Å²) in [7, 11) is 0. The normalized spacial score (nSPS) is 22.3. The fourth-order valence-electron chi connectivity index (χ4n) is 8.89. The molecule has 4 heterocycles. The highest BCUT2D eigenvalue weighted by Gasteiger charge is 2.43. The largest absolute Gasteiger partial charge is 0.461 e. The minimum absolute atomic E-state index is 0.0368. The first kappa shape index (κ1) is 39.7. The van der Waals surface area contributed by atoms with E-state index in [1.54, 1.807) is 26.0 Å². The Morgan fingerprint density at radius 3 is 1.44 bits per heavy atom. The van der Waals surface area contributed by atoms with Crippen molar-refractivity contribution in [2.24, 2.45) is 0 Å². The number of esters is 2. The van der Waals surface area contributed by atoms with Crippen LogP contribution in [0.25, 0.3) is 33.2 Å². The van der Waals surface area contributed by atoms with E-state index in [-0.39, 0.29) is 51.6 Å². The van der Waals surface area contributed by atoms with Crippen LogP contribution in [-0.2, 0) is 51.1 Å². The summed E-state index contributed by atoms with van der Waals surface area (Å²) in [6.45, 7) is 3.24. The first-order chi connectivity index (χ1) is 32.7. The molecule has 2 aromatic carbocycles. The van der Waals surface area contributed by atoms with E-state index in [4.69, 9.17) is 17.7 Å². The molecule has 0 unspecified atom stereocenters. The number of hydrogen-bond acceptors (Lipinski definition) is 10. The molecule has 0 aliphatic carbocycles. The van der Waals surface area contributed by atoms with Crippen molar-refractivity contribution in [2.45, 2.75) is 129 Å². The molecular weight excluding hydrogens is 831 g/mol.